The molecule has 0 atom stereocenters. The van der Waals surface area contributed by atoms with Gasteiger partial charge in [-0.15, -0.1) is 0 Å². The number of para-hydroxylation sites is 1. The van der Waals surface area contributed by atoms with Gasteiger partial charge in [-0.25, -0.2) is 13.4 Å². The highest BCUT2D eigenvalue weighted by Gasteiger charge is 2.09. The molecule has 2 aromatic rings. The number of nitrogens with two attached hydrogens (primary N) is 1. The average molecular weight is 323 g/mol. The smallest absolute Gasteiger partial charge is 0.147 e. The molecular formula is C14H17N3O2S2. The summed E-state index contributed by atoms with van der Waals surface area (Å²) in [7, 11) is -2.95. The van der Waals surface area contributed by atoms with E-state index in [1.807, 2.05) is 30.3 Å². The van der Waals surface area contributed by atoms with Crippen LogP contribution in [-0.2, 0) is 9.84 Å². The van der Waals surface area contributed by atoms with Gasteiger partial charge in [-0.1, -0.05) is 30.4 Å². The molecule has 0 spiro atoms. The number of benzene rings is 1. The van der Waals surface area contributed by atoms with Crippen molar-refractivity contribution in [2.24, 2.45) is 5.73 Å². The summed E-state index contributed by atoms with van der Waals surface area (Å²) in [5.74, 6) is 0.727. The number of sulfone groups is 1. The predicted octanol–water partition coefficient (Wildman–Crippen LogP) is 1.72. The molecule has 7 heteroatoms. The van der Waals surface area contributed by atoms with Crippen molar-refractivity contribution in [3.8, 4) is 0 Å². The summed E-state index contributed by atoms with van der Waals surface area (Å²) in [5, 5.41) is 4.08. The van der Waals surface area contributed by atoms with Gasteiger partial charge in [-0.05, 0) is 18.6 Å². The third-order valence-electron chi connectivity index (χ3n) is 2.97. The average Bonchev–Trinajstić information content (AvgIpc) is 2.41. The molecule has 0 amide bonds. The molecule has 21 heavy (non-hydrogen) atoms. The topological polar surface area (TPSA) is 85.1 Å². The van der Waals surface area contributed by atoms with Crippen molar-refractivity contribution in [1.82, 2.24) is 4.98 Å². The molecule has 0 fully saturated rings. The molecule has 112 valence electrons. The van der Waals surface area contributed by atoms with Crippen molar-refractivity contribution in [1.29, 1.82) is 0 Å². The first-order valence-electron chi connectivity index (χ1n) is 6.48. The molecule has 2 rings (SSSR count). The van der Waals surface area contributed by atoms with E-state index in [4.69, 9.17) is 18.0 Å². The Kier molecular flexibility index (Phi) is 4.74. The van der Waals surface area contributed by atoms with Crippen LogP contribution >= 0.6 is 12.2 Å². The number of aromatic nitrogens is 1. The van der Waals surface area contributed by atoms with E-state index in [9.17, 15) is 8.42 Å². The van der Waals surface area contributed by atoms with E-state index >= 15 is 0 Å². The summed E-state index contributed by atoms with van der Waals surface area (Å²) >= 11 is 5.05. The van der Waals surface area contributed by atoms with Crippen molar-refractivity contribution in [3.63, 3.8) is 0 Å². The van der Waals surface area contributed by atoms with Crippen LogP contribution in [0.2, 0.25) is 0 Å². The molecule has 0 aliphatic carbocycles. The maximum atomic E-state index is 11.1. The Hall–Kier alpha value is -1.73. The van der Waals surface area contributed by atoms with E-state index < -0.39 is 9.84 Å². The molecule has 0 aliphatic rings. The van der Waals surface area contributed by atoms with Crippen LogP contribution in [0.3, 0.4) is 0 Å². The van der Waals surface area contributed by atoms with E-state index in [2.05, 4.69) is 10.3 Å². The lowest BCUT2D eigenvalue weighted by molar-refractivity contribution is 0.600. The summed E-state index contributed by atoms with van der Waals surface area (Å²) in [5.41, 5.74) is 7.24. The van der Waals surface area contributed by atoms with Crippen LogP contribution in [0.5, 0.6) is 0 Å². The number of nitrogens with zero attached hydrogens (tertiary/aromatic N) is 1. The van der Waals surface area contributed by atoms with Gasteiger partial charge in [-0.2, -0.15) is 0 Å². The Balaban J connectivity index is 2.21. The zero-order chi connectivity index (χ0) is 15.5. The van der Waals surface area contributed by atoms with Gasteiger partial charge in [-0.3, -0.25) is 0 Å². The first-order valence-corrected chi connectivity index (χ1v) is 8.95. The zero-order valence-electron chi connectivity index (χ0n) is 11.7. The summed E-state index contributed by atoms with van der Waals surface area (Å²) < 4.78 is 22.2. The first kappa shape index (κ1) is 15.7. The van der Waals surface area contributed by atoms with Crippen LogP contribution in [0, 0.1) is 0 Å². The Morgan fingerprint density at radius 2 is 2.10 bits per heavy atom. The molecule has 5 nitrogen and oxygen atoms in total. The molecule has 1 heterocycles. The largest absolute Gasteiger partial charge is 0.389 e. The second-order valence-corrected chi connectivity index (χ2v) is 7.55. The SMILES string of the molecule is CS(=O)(=O)CCCNc1nc2ccccc2cc1C(N)=S. The number of anilines is 1. The van der Waals surface area contributed by atoms with E-state index in [0.717, 1.165) is 10.9 Å². The third-order valence-corrected chi connectivity index (χ3v) is 4.22. The van der Waals surface area contributed by atoms with Crippen molar-refractivity contribution in [2.75, 3.05) is 23.9 Å². The number of hydrogen-bond donors (Lipinski definition) is 2. The van der Waals surface area contributed by atoms with Crippen LogP contribution < -0.4 is 11.1 Å². The van der Waals surface area contributed by atoms with E-state index in [0.29, 0.717) is 24.3 Å². The maximum Gasteiger partial charge on any atom is 0.147 e. The van der Waals surface area contributed by atoms with Gasteiger partial charge in [0.15, 0.2) is 0 Å². The summed E-state index contributed by atoms with van der Waals surface area (Å²) in [4.78, 5) is 4.77. The highest BCUT2D eigenvalue weighted by Crippen LogP contribution is 2.20. The van der Waals surface area contributed by atoms with Gasteiger partial charge < -0.3 is 11.1 Å². The second-order valence-electron chi connectivity index (χ2n) is 4.85. The molecule has 0 aliphatic heterocycles. The molecular weight excluding hydrogens is 306 g/mol. The standard InChI is InChI=1S/C14H17N3O2S2/c1-21(18,19)8-4-7-16-14-11(13(15)20)9-10-5-2-3-6-12(10)17-14/h2-3,5-6,9H,4,7-8H2,1H3,(H2,15,20)(H,16,17). The Morgan fingerprint density at radius 3 is 2.76 bits per heavy atom. The number of thiocarbonyl (C=S) groups is 1. The fourth-order valence-electron chi connectivity index (χ4n) is 1.98. The number of rotatable bonds is 6. The lowest BCUT2D eigenvalue weighted by Gasteiger charge is -2.11. The number of nitrogens with one attached hydrogen (secondary N) is 1. The fourth-order valence-corrected chi connectivity index (χ4v) is 2.80. The van der Waals surface area contributed by atoms with Crippen molar-refractivity contribution in [3.05, 3.63) is 35.9 Å². The Morgan fingerprint density at radius 1 is 1.38 bits per heavy atom. The number of fused-ring (bicyclic) bond motifs is 1. The quantitative estimate of drug-likeness (QED) is 0.622. The van der Waals surface area contributed by atoms with Crippen molar-refractivity contribution < 1.29 is 8.42 Å². The Labute approximate surface area is 129 Å². The van der Waals surface area contributed by atoms with Gasteiger partial charge in [0, 0.05) is 18.2 Å². The molecule has 1 aromatic carbocycles. The number of pyridine rings is 1. The number of hydrogen-bond acceptors (Lipinski definition) is 5. The first-order chi connectivity index (χ1) is 9.87. The normalized spacial score (nSPS) is 11.5. The van der Waals surface area contributed by atoms with Gasteiger partial charge in [0.25, 0.3) is 0 Å². The lowest BCUT2D eigenvalue weighted by Crippen LogP contribution is -2.16. The lowest BCUT2D eigenvalue weighted by atomic mass is 10.1. The van der Waals surface area contributed by atoms with Gasteiger partial charge in [0.2, 0.25) is 0 Å². The van der Waals surface area contributed by atoms with Crippen LogP contribution in [0.25, 0.3) is 10.9 Å². The molecule has 1 aromatic heterocycles. The summed E-state index contributed by atoms with van der Waals surface area (Å²) in [6.07, 6.45) is 1.73. The molecule has 0 saturated carbocycles. The highest BCUT2D eigenvalue weighted by molar-refractivity contribution is 7.90. The van der Waals surface area contributed by atoms with Crippen molar-refractivity contribution in [2.45, 2.75) is 6.42 Å². The van der Waals surface area contributed by atoms with Crippen LogP contribution in [0.1, 0.15) is 12.0 Å². The molecule has 0 unspecified atom stereocenters. The zero-order valence-corrected chi connectivity index (χ0v) is 13.3. The molecule has 0 radical (unpaired) electrons. The van der Waals surface area contributed by atoms with Gasteiger partial charge in [0.05, 0.1) is 16.8 Å². The second kappa shape index (κ2) is 6.36. The summed E-state index contributed by atoms with van der Waals surface area (Å²) in [6, 6.07) is 9.57. The molecule has 3 N–H and O–H groups in total. The van der Waals surface area contributed by atoms with Crippen molar-refractivity contribution >= 4 is 43.8 Å². The predicted molar refractivity (Wildman–Crippen MR) is 90.4 cm³/mol. The third kappa shape index (κ3) is 4.37. The minimum atomic E-state index is -2.95. The fraction of sp³-hybridized carbons (Fsp3) is 0.286. The minimum absolute atomic E-state index is 0.135. The highest BCUT2D eigenvalue weighted by atomic mass is 32.2. The van der Waals surface area contributed by atoms with Gasteiger partial charge >= 0.3 is 0 Å². The van der Waals surface area contributed by atoms with E-state index in [1.54, 1.807) is 0 Å². The van der Waals surface area contributed by atoms with Crippen LogP contribution in [0.15, 0.2) is 30.3 Å². The van der Waals surface area contributed by atoms with Crippen LogP contribution in [0.4, 0.5) is 5.82 Å². The molecule has 0 saturated heterocycles. The molecule has 0 bridgehead atoms. The van der Waals surface area contributed by atoms with E-state index in [-0.39, 0.29) is 10.7 Å². The van der Waals surface area contributed by atoms with E-state index in [1.165, 1.54) is 6.26 Å². The summed E-state index contributed by atoms with van der Waals surface area (Å²) in [6.45, 7) is 0.494. The van der Waals surface area contributed by atoms with Crippen LogP contribution in [-0.4, -0.2) is 36.9 Å². The maximum absolute atomic E-state index is 11.1. The van der Waals surface area contributed by atoms with Gasteiger partial charge in [0.1, 0.15) is 20.6 Å². The Bertz CT molecular complexity index is 773. The monoisotopic (exact) mass is 323 g/mol. The minimum Gasteiger partial charge on any atom is -0.389 e.